The van der Waals surface area contributed by atoms with Gasteiger partial charge in [-0.2, -0.15) is 0 Å². The Bertz CT molecular complexity index is 1420. The van der Waals surface area contributed by atoms with Crippen molar-refractivity contribution in [1.82, 2.24) is 9.36 Å². The molecule has 1 atom stereocenters. The summed E-state index contributed by atoms with van der Waals surface area (Å²) in [5.74, 6) is 0. The molecule has 1 aliphatic heterocycles. The molecule has 0 spiro atoms. The van der Waals surface area contributed by atoms with Crippen LogP contribution in [-0.2, 0) is 7.05 Å². The number of aliphatic imine (C=N–C) groups is 1. The largest absolute Gasteiger partial charge is 0.323 e. The molecular weight excluding hydrogens is 508 g/mol. The molecule has 0 saturated carbocycles. The minimum atomic E-state index is -0.127. The Kier molecular flexibility index (Phi) is 6.30. The van der Waals surface area contributed by atoms with Crippen molar-refractivity contribution in [2.24, 2.45) is 12.0 Å². The van der Waals surface area contributed by atoms with E-state index in [1.165, 1.54) is 0 Å². The molecule has 0 N–H and O–H groups in total. The molecule has 0 saturated heterocycles. The molecule has 1 unspecified atom stereocenters. The van der Waals surface area contributed by atoms with Crippen LogP contribution in [0.3, 0.4) is 0 Å². The summed E-state index contributed by atoms with van der Waals surface area (Å²) in [5, 5.41) is 2.08. The van der Waals surface area contributed by atoms with Gasteiger partial charge in [0.15, 0.2) is 5.69 Å². The summed E-state index contributed by atoms with van der Waals surface area (Å²) in [5.41, 5.74) is 5.27. The van der Waals surface area contributed by atoms with Gasteiger partial charge in [-0.3, -0.25) is 14.5 Å². The third-order valence-corrected chi connectivity index (χ3v) is 7.36. The van der Waals surface area contributed by atoms with Crippen LogP contribution >= 0.6 is 27.7 Å². The average molecular weight is 531 g/mol. The minimum absolute atomic E-state index is 0.0785. The number of para-hydroxylation sites is 2. The molecule has 0 aliphatic carbocycles. The smallest absolute Gasteiger partial charge is 0.297 e. The van der Waals surface area contributed by atoms with Gasteiger partial charge in [-0.1, -0.05) is 64.5 Å². The topological polar surface area (TPSA) is 42.5 Å². The van der Waals surface area contributed by atoms with Gasteiger partial charge in [-0.15, -0.1) is 11.8 Å². The maximum absolute atomic E-state index is 13.3. The van der Waals surface area contributed by atoms with Crippen LogP contribution in [0.15, 0.2) is 105 Å². The van der Waals surface area contributed by atoms with Crippen molar-refractivity contribution in [3.8, 4) is 5.69 Å². The zero-order valence-corrected chi connectivity index (χ0v) is 21.2. The Hall–Kier alpha value is -3.29. The Morgan fingerprint density at radius 3 is 2.18 bits per heavy atom. The average Bonchev–Trinajstić information content (AvgIpc) is 3.38. The van der Waals surface area contributed by atoms with Crippen LogP contribution < -0.4 is 10.5 Å². The maximum atomic E-state index is 13.3. The Morgan fingerprint density at radius 1 is 0.912 bits per heavy atom. The molecule has 170 valence electrons. The standard InChI is InChI=1S/C27H23BrN4OS/c1-19-26(27(33)32(30(19)2)23-11-7-4-8-12-23)29-17-25-31(22-9-5-3-6-10-22)24(18-34-25)20-13-15-21(28)16-14-20/h3-18,25H,1-2H3/b29-17-. The van der Waals surface area contributed by atoms with Gasteiger partial charge in [0.2, 0.25) is 0 Å². The van der Waals surface area contributed by atoms with Gasteiger partial charge >= 0.3 is 0 Å². The summed E-state index contributed by atoms with van der Waals surface area (Å²) >= 11 is 5.20. The summed E-state index contributed by atoms with van der Waals surface area (Å²) in [6.07, 6.45) is 1.87. The van der Waals surface area contributed by atoms with E-state index in [0.29, 0.717) is 5.69 Å². The second-order valence-corrected chi connectivity index (χ2v) is 9.84. The molecule has 2 heterocycles. The van der Waals surface area contributed by atoms with Crippen molar-refractivity contribution >= 4 is 51.0 Å². The zero-order valence-electron chi connectivity index (χ0n) is 18.8. The molecule has 1 aliphatic rings. The SMILES string of the molecule is Cc1c(/N=C\C2SC=C(c3ccc(Br)cc3)N2c2ccccc2)c(=O)n(-c2ccccc2)n1C. The normalized spacial score (nSPS) is 15.8. The number of aromatic nitrogens is 2. The lowest BCUT2D eigenvalue weighted by Crippen LogP contribution is -2.28. The second-order valence-electron chi connectivity index (χ2n) is 7.93. The molecule has 34 heavy (non-hydrogen) atoms. The Morgan fingerprint density at radius 2 is 1.53 bits per heavy atom. The first-order valence-electron chi connectivity index (χ1n) is 10.9. The highest BCUT2D eigenvalue weighted by molar-refractivity contribution is 9.10. The van der Waals surface area contributed by atoms with E-state index in [4.69, 9.17) is 4.99 Å². The predicted molar refractivity (Wildman–Crippen MR) is 146 cm³/mol. The van der Waals surface area contributed by atoms with E-state index in [1.54, 1.807) is 16.4 Å². The lowest BCUT2D eigenvalue weighted by molar-refractivity contribution is 0.630. The molecular formula is C27H23BrN4OS. The summed E-state index contributed by atoms with van der Waals surface area (Å²) in [7, 11) is 1.89. The number of thioether (sulfide) groups is 1. The number of benzene rings is 3. The van der Waals surface area contributed by atoms with Crippen LogP contribution in [0.2, 0.25) is 0 Å². The van der Waals surface area contributed by atoms with E-state index in [1.807, 2.05) is 85.5 Å². The number of hydrogen-bond donors (Lipinski definition) is 0. The summed E-state index contributed by atoms with van der Waals surface area (Å²) in [6, 6.07) is 28.2. The molecule has 1 aromatic heterocycles. The van der Waals surface area contributed by atoms with Crippen molar-refractivity contribution in [1.29, 1.82) is 0 Å². The zero-order chi connectivity index (χ0) is 23.7. The van der Waals surface area contributed by atoms with Crippen LogP contribution in [0.5, 0.6) is 0 Å². The first-order valence-corrected chi connectivity index (χ1v) is 12.6. The molecule has 5 rings (SSSR count). The van der Waals surface area contributed by atoms with E-state index in [9.17, 15) is 4.79 Å². The monoisotopic (exact) mass is 530 g/mol. The van der Waals surface area contributed by atoms with E-state index in [-0.39, 0.29) is 10.9 Å². The Labute approximate surface area is 211 Å². The molecule has 0 bridgehead atoms. The lowest BCUT2D eigenvalue weighted by atomic mass is 10.1. The Balaban J connectivity index is 1.51. The number of nitrogens with zero attached hydrogens (tertiary/aromatic N) is 4. The summed E-state index contributed by atoms with van der Waals surface area (Å²) in [4.78, 5) is 20.3. The van der Waals surface area contributed by atoms with Crippen molar-refractivity contribution in [3.05, 3.63) is 116 Å². The first kappa shape index (κ1) is 22.5. The van der Waals surface area contributed by atoms with Crippen LogP contribution in [0.4, 0.5) is 11.4 Å². The third-order valence-electron chi connectivity index (χ3n) is 5.86. The van der Waals surface area contributed by atoms with Gasteiger partial charge in [0.05, 0.1) is 17.1 Å². The first-order chi connectivity index (χ1) is 16.5. The van der Waals surface area contributed by atoms with E-state index < -0.39 is 0 Å². The van der Waals surface area contributed by atoms with Crippen molar-refractivity contribution in [3.63, 3.8) is 0 Å². The number of anilines is 1. The molecule has 7 heteroatoms. The highest BCUT2D eigenvalue weighted by Gasteiger charge is 2.28. The van der Waals surface area contributed by atoms with E-state index in [2.05, 4.69) is 50.5 Å². The van der Waals surface area contributed by atoms with E-state index >= 15 is 0 Å². The predicted octanol–water partition coefficient (Wildman–Crippen LogP) is 6.53. The van der Waals surface area contributed by atoms with Gasteiger partial charge in [0.1, 0.15) is 5.37 Å². The minimum Gasteiger partial charge on any atom is -0.323 e. The highest BCUT2D eigenvalue weighted by atomic mass is 79.9. The quantitative estimate of drug-likeness (QED) is 0.275. The van der Waals surface area contributed by atoms with Crippen molar-refractivity contribution in [2.45, 2.75) is 12.3 Å². The van der Waals surface area contributed by atoms with Crippen molar-refractivity contribution in [2.75, 3.05) is 4.90 Å². The third kappa shape index (κ3) is 4.17. The van der Waals surface area contributed by atoms with Crippen LogP contribution in [-0.4, -0.2) is 21.0 Å². The van der Waals surface area contributed by atoms with Crippen molar-refractivity contribution < 1.29 is 0 Å². The molecule has 0 radical (unpaired) electrons. The molecule has 0 amide bonds. The molecule has 3 aromatic carbocycles. The summed E-state index contributed by atoms with van der Waals surface area (Å²) < 4.78 is 4.55. The number of halogens is 1. The van der Waals surface area contributed by atoms with Crippen LogP contribution in [0.25, 0.3) is 11.4 Å². The maximum Gasteiger partial charge on any atom is 0.297 e. The van der Waals surface area contributed by atoms with Crippen LogP contribution in [0.1, 0.15) is 11.3 Å². The molecule has 5 nitrogen and oxygen atoms in total. The van der Waals surface area contributed by atoms with Crippen LogP contribution in [0, 0.1) is 6.92 Å². The van der Waals surface area contributed by atoms with Gasteiger partial charge < -0.3 is 4.90 Å². The fourth-order valence-electron chi connectivity index (χ4n) is 4.03. The van der Waals surface area contributed by atoms with Gasteiger partial charge in [-0.25, -0.2) is 4.68 Å². The lowest BCUT2D eigenvalue weighted by Gasteiger charge is -2.27. The molecule has 0 fully saturated rings. The highest BCUT2D eigenvalue weighted by Crippen LogP contribution is 2.40. The fourth-order valence-corrected chi connectivity index (χ4v) is 5.30. The molecule has 4 aromatic rings. The number of hydrogen-bond acceptors (Lipinski definition) is 4. The van der Waals surface area contributed by atoms with E-state index in [0.717, 1.165) is 32.8 Å². The second kappa shape index (κ2) is 9.52. The number of rotatable bonds is 5. The fraction of sp³-hybridized carbons (Fsp3) is 0.111. The van der Waals surface area contributed by atoms with Gasteiger partial charge in [0.25, 0.3) is 5.56 Å². The van der Waals surface area contributed by atoms with Gasteiger partial charge in [-0.05, 0) is 54.3 Å². The summed E-state index contributed by atoms with van der Waals surface area (Å²) in [6.45, 7) is 1.93. The van der Waals surface area contributed by atoms with Gasteiger partial charge in [0, 0.05) is 23.4 Å².